The Balaban J connectivity index is 1.66. The second kappa shape index (κ2) is 7.31. The number of hydrogen-bond donors (Lipinski definition) is 0. The maximum Gasteiger partial charge on any atom is 0.123 e. The van der Waals surface area contributed by atoms with Crippen LogP contribution in [0.1, 0.15) is 77.6 Å². The summed E-state index contributed by atoms with van der Waals surface area (Å²) in [4.78, 5) is 11.1. The summed E-state index contributed by atoms with van der Waals surface area (Å²) in [5.41, 5.74) is 0. The Bertz CT molecular complexity index is 248. The highest BCUT2D eigenvalue weighted by molar-refractivity contribution is 5.54. The van der Waals surface area contributed by atoms with Gasteiger partial charge in [0.2, 0.25) is 0 Å². The van der Waals surface area contributed by atoms with Crippen LogP contribution in [0.5, 0.6) is 0 Å². The Hall–Kier alpha value is -0.330. The van der Waals surface area contributed by atoms with Crippen LogP contribution in [0.3, 0.4) is 0 Å². The highest BCUT2D eigenvalue weighted by atomic mass is 16.1. The van der Waals surface area contributed by atoms with Crippen molar-refractivity contribution in [2.45, 2.75) is 77.6 Å². The molecule has 104 valence electrons. The van der Waals surface area contributed by atoms with Crippen LogP contribution >= 0.6 is 0 Å². The average Bonchev–Trinajstić information content (AvgIpc) is 2.39. The molecule has 0 spiro atoms. The first-order valence-electron chi connectivity index (χ1n) is 8.25. The monoisotopic (exact) mass is 250 g/mol. The van der Waals surface area contributed by atoms with E-state index in [2.05, 4.69) is 6.92 Å². The summed E-state index contributed by atoms with van der Waals surface area (Å²) < 4.78 is 0. The summed E-state index contributed by atoms with van der Waals surface area (Å²) in [6.07, 6.45) is 16.3. The molecule has 1 nitrogen and oxygen atoms in total. The van der Waals surface area contributed by atoms with Gasteiger partial charge in [0.1, 0.15) is 6.29 Å². The Morgan fingerprint density at radius 2 is 1.83 bits per heavy atom. The number of hydrogen-bond acceptors (Lipinski definition) is 1. The van der Waals surface area contributed by atoms with Gasteiger partial charge in [-0.1, -0.05) is 51.9 Å². The Morgan fingerprint density at radius 3 is 2.61 bits per heavy atom. The molecule has 0 saturated heterocycles. The maximum absolute atomic E-state index is 11.1. The zero-order valence-electron chi connectivity index (χ0n) is 12.1. The van der Waals surface area contributed by atoms with E-state index in [4.69, 9.17) is 0 Å². The highest BCUT2D eigenvalue weighted by Gasteiger charge is 2.25. The van der Waals surface area contributed by atoms with Crippen LogP contribution in [0.4, 0.5) is 0 Å². The van der Waals surface area contributed by atoms with E-state index in [-0.39, 0.29) is 0 Å². The largest absolute Gasteiger partial charge is 0.303 e. The van der Waals surface area contributed by atoms with E-state index >= 15 is 0 Å². The van der Waals surface area contributed by atoms with Crippen molar-refractivity contribution in [1.82, 2.24) is 0 Å². The van der Waals surface area contributed by atoms with Crippen molar-refractivity contribution < 1.29 is 4.79 Å². The molecule has 0 aromatic heterocycles. The molecule has 4 atom stereocenters. The average molecular weight is 250 g/mol. The minimum Gasteiger partial charge on any atom is -0.303 e. The van der Waals surface area contributed by atoms with E-state index in [1.54, 1.807) is 0 Å². The van der Waals surface area contributed by atoms with Gasteiger partial charge in [0, 0.05) is 5.92 Å². The number of carbonyl (C=O) groups excluding carboxylic acids is 1. The van der Waals surface area contributed by atoms with Crippen LogP contribution in [-0.2, 0) is 4.79 Å². The van der Waals surface area contributed by atoms with Crippen molar-refractivity contribution in [3.05, 3.63) is 0 Å². The Kier molecular flexibility index (Phi) is 5.72. The first-order chi connectivity index (χ1) is 8.79. The van der Waals surface area contributed by atoms with E-state index in [9.17, 15) is 4.79 Å². The molecule has 4 unspecified atom stereocenters. The van der Waals surface area contributed by atoms with Gasteiger partial charge in [-0.05, 0) is 43.4 Å². The second-order valence-corrected chi connectivity index (χ2v) is 6.91. The van der Waals surface area contributed by atoms with E-state index in [0.717, 1.165) is 24.2 Å². The zero-order valence-corrected chi connectivity index (χ0v) is 12.1. The van der Waals surface area contributed by atoms with Crippen LogP contribution < -0.4 is 0 Å². The van der Waals surface area contributed by atoms with Crippen molar-refractivity contribution in [1.29, 1.82) is 0 Å². The van der Waals surface area contributed by atoms with Crippen LogP contribution in [0.15, 0.2) is 0 Å². The van der Waals surface area contributed by atoms with Crippen LogP contribution in [0.2, 0.25) is 0 Å². The van der Waals surface area contributed by atoms with Gasteiger partial charge in [-0.3, -0.25) is 0 Å². The summed E-state index contributed by atoms with van der Waals surface area (Å²) in [5, 5.41) is 0. The molecule has 2 saturated carbocycles. The van der Waals surface area contributed by atoms with Crippen molar-refractivity contribution in [2.75, 3.05) is 0 Å². The summed E-state index contributed by atoms with van der Waals surface area (Å²) in [6, 6.07) is 0. The predicted octanol–water partition coefficient (Wildman–Crippen LogP) is 4.99. The third-order valence-corrected chi connectivity index (χ3v) is 5.37. The van der Waals surface area contributed by atoms with E-state index in [0.29, 0.717) is 5.92 Å². The summed E-state index contributed by atoms with van der Waals surface area (Å²) in [6.45, 7) is 2.41. The molecule has 2 rings (SSSR count). The molecular formula is C17H30O. The third-order valence-electron chi connectivity index (χ3n) is 5.37. The molecule has 0 heterocycles. The summed E-state index contributed by atoms with van der Waals surface area (Å²) in [7, 11) is 0. The standard InChI is InChI=1S/C17H30O/c1-14-6-4-7-15(12-14)8-5-11-16-9-2-3-10-17(16)13-18/h13-17H,2-12H2,1H3. The molecule has 2 aliphatic rings. The second-order valence-electron chi connectivity index (χ2n) is 6.91. The smallest absolute Gasteiger partial charge is 0.123 e. The topological polar surface area (TPSA) is 17.1 Å². The van der Waals surface area contributed by atoms with Gasteiger partial charge in [-0.15, -0.1) is 0 Å². The lowest BCUT2D eigenvalue weighted by Crippen LogP contribution is -2.21. The van der Waals surface area contributed by atoms with Crippen molar-refractivity contribution in [3.8, 4) is 0 Å². The van der Waals surface area contributed by atoms with Crippen LogP contribution in [-0.4, -0.2) is 6.29 Å². The van der Waals surface area contributed by atoms with Gasteiger partial charge < -0.3 is 4.79 Å². The summed E-state index contributed by atoms with van der Waals surface area (Å²) in [5.74, 6) is 3.06. The van der Waals surface area contributed by atoms with Gasteiger partial charge in [-0.25, -0.2) is 0 Å². The molecule has 2 aliphatic carbocycles. The molecular weight excluding hydrogens is 220 g/mol. The van der Waals surface area contributed by atoms with Gasteiger partial charge in [-0.2, -0.15) is 0 Å². The van der Waals surface area contributed by atoms with E-state index in [1.807, 2.05) is 0 Å². The van der Waals surface area contributed by atoms with Crippen molar-refractivity contribution in [2.24, 2.45) is 23.7 Å². The molecule has 0 radical (unpaired) electrons. The molecule has 0 amide bonds. The molecule has 0 aromatic carbocycles. The quantitative estimate of drug-likeness (QED) is 0.628. The minimum atomic E-state index is 0.393. The number of aldehydes is 1. The molecule has 2 fully saturated rings. The van der Waals surface area contributed by atoms with E-state index < -0.39 is 0 Å². The van der Waals surface area contributed by atoms with Gasteiger partial charge in [0.25, 0.3) is 0 Å². The third kappa shape index (κ3) is 4.10. The fraction of sp³-hybridized carbons (Fsp3) is 0.941. The van der Waals surface area contributed by atoms with E-state index in [1.165, 1.54) is 70.5 Å². The minimum absolute atomic E-state index is 0.393. The molecule has 0 aliphatic heterocycles. The first-order valence-corrected chi connectivity index (χ1v) is 8.25. The number of rotatable bonds is 5. The summed E-state index contributed by atoms with van der Waals surface area (Å²) >= 11 is 0. The van der Waals surface area contributed by atoms with Gasteiger partial charge in [0.05, 0.1) is 0 Å². The van der Waals surface area contributed by atoms with Crippen molar-refractivity contribution >= 4 is 6.29 Å². The molecule has 18 heavy (non-hydrogen) atoms. The Labute approximate surface area is 113 Å². The van der Waals surface area contributed by atoms with Gasteiger partial charge >= 0.3 is 0 Å². The Morgan fingerprint density at radius 1 is 1.00 bits per heavy atom. The fourth-order valence-electron chi connectivity index (χ4n) is 4.26. The lowest BCUT2D eigenvalue weighted by molar-refractivity contribution is -0.113. The fourth-order valence-corrected chi connectivity index (χ4v) is 4.26. The zero-order chi connectivity index (χ0) is 12.8. The van der Waals surface area contributed by atoms with Gasteiger partial charge in [0.15, 0.2) is 0 Å². The first kappa shape index (κ1) is 14.1. The maximum atomic E-state index is 11.1. The van der Waals surface area contributed by atoms with Crippen LogP contribution in [0, 0.1) is 23.7 Å². The number of carbonyl (C=O) groups is 1. The molecule has 0 N–H and O–H groups in total. The highest BCUT2D eigenvalue weighted by Crippen LogP contribution is 2.35. The SMILES string of the molecule is CC1CCCC(CCCC2CCCCC2C=O)C1. The van der Waals surface area contributed by atoms with Crippen LogP contribution in [0.25, 0.3) is 0 Å². The lowest BCUT2D eigenvalue weighted by atomic mass is 9.75. The predicted molar refractivity (Wildman–Crippen MR) is 76.5 cm³/mol. The van der Waals surface area contributed by atoms with Crippen molar-refractivity contribution in [3.63, 3.8) is 0 Å². The molecule has 0 aromatic rings. The molecule has 1 heteroatoms. The normalized spacial score (nSPS) is 37.4. The molecule has 0 bridgehead atoms. The lowest BCUT2D eigenvalue weighted by Gasteiger charge is -2.30.